The molecule has 2 aliphatic carbocycles. The standard InChI is InChI=1S/C13H18F6O/c1-10(2)5-7-3-9(10)4-8(7)6-11(20,12(14,15)16)13(17,18)19/h7-9,20H,3-6H2,1-2H3. The number of hydrogen-bond acceptors (Lipinski definition) is 1. The molecule has 3 unspecified atom stereocenters. The number of aliphatic hydroxyl groups is 1. The van der Waals surface area contributed by atoms with Crippen molar-refractivity contribution in [3.05, 3.63) is 0 Å². The highest BCUT2D eigenvalue weighted by molar-refractivity contribution is 5.04. The van der Waals surface area contributed by atoms with Crippen LogP contribution in [0.15, 0.2) is 0 Å². The Morgan fingerprint density at radius 2 is 1.50 bits per heavy atom. The van der Waals surface area contributed by atoms with Gasteiger partial charge in [0.15, 0.2) is 0 Å². The molecule has 0 aliphatic heterocycles. The molecule has 118 valence electrons. The molecule has 2 bridgehead atoms. The first-order chi connectivity index (χ1) is 8.78. The molecule has 0 aromatic rings. The summed E-state index contributed by atoms with van der Waals surface area (Å²) in [6, 6.07) is 0. The second-order valence-corrected chi connectivity index (χ2v) is 6.94. The van der Waals surface area contributed by atoms with Gasteiger partial charge in [-0.15, -0.1) is 0 Å². The highest BCUT2D eigenvalue weighted by atomic mass is 19.4. The second-order valence-electron chi connectivity index (χ2n) is 6.94. The van der Waals surface area contributed by atoms with Crippen LogP contribution in [0.2, 0.25) is 0 Å². The number of fused-ring (bicyclic) bond motifs is 2. The largest absolute Gasteiger partial charge is 0.426 e. The Labute approximate surface area is 113 Å². The van der Waals surface area contributed by atoms with E-state index in [-0.39, 0.29) is 17.3 Å². The summed E-state index contributed by atoms with van der Waals surface area (Å²) in [6.45, 7) is 3.99. The molecule has 0 aromatic carbocycles. The quantitative estimate of drug-likeness (QED) is 0.754. The van der Waals surface area contributed by atoms with E-state index < -0.39 is 30.3 Å². The van der Waals surface area contributed by atoms with E-state index in [1.165, 1.54) is 0 Å². The molecule has 2 saturated carbocycles. The third-order valence-corrected chi connectivity index (χ3v) is 5.23. The second kappa shape index (κ2) is 4.27. The molecular weight excluding hydrogens is 286 g/mol. The van der Waals surface area contributed by atoms with E-state index in [1.807, 2.05) is 13.8 Å². The van der Waals surface area contributed by atoms with Gasteiger partial charge in [-0.1, -0.05) is 13.8 Å². The van der Waals surface area contributed by atoms with Crippen LogP contribution in [0.3, 0.4) is 0 Å². The molecule has 7 heteroatoms. The minimum absolute atomic E-state index is 0.0181. The smallest absolute Gasteiger partial charge is 0.374 e. The maximum absolute atomic E-state index is 12.7. The van der Waals surface area contributed by atoms with E-state index in [0.717, 1.165) is 0 Å². The summed E-state index contributed by atoms with van der Waals surface area (Å²) in [5.41, 5.74) is -4.60. The molecule has 3 atom stereocenters. The van der Waals surface area contributed by atoms with Gasteiger partial charge < -0.3 is 5.11 Å². The highest BCUT2D eigenvalue weighted by Gasteiger charge is 2.71. The van der Waals surface area contributed by atoms with E-state index in [0.29, 0.717) is 19.3 Å². The highest BCUT2D eigenvalue weighted by Crippen LogP contribution is 2.61. The van der Waals surface area contributed by atoms with Crippen molar-refractivity contribution in [2.75, 3.05) is 0 Å². The zero-order valence-corrected chi connectivity index (χ0v) is 11.3. The molecule has 20 heavy (non-hydrogen) atoms. The topological polar surface area (TPSA) is 20.2 Å². The Bertz CT molecular complexity index is 369. The zero-order valence-electron chi connectivity index (χ0n) is 11.3. The first-order valence-corrected chi connectivity index (χ1v) is 6.64. The summed E-state index contributed by atoms with van der Waals surface area (Å²) >= 11 is 0. The Morgan fingerprint density at radius 3 is 1.80 bits per heavy atom. The molecule has 2 aliphatic rings. The van der Waals surface area contributed by atoms with Crippen molar-refractivity contribution < 1.29 is 31.4 Å². The summed E-state index contributed by atoms with van der Waals surface area (Å²) in [4.78, 5) is 0. The maximum Gasteiger partial charge on any atom is 0.426 e. The van der Waals surface area contributed by atoms with Gasteiger partial charge in [0.25, 0.3) is 5.60 Å². The summed E-state index contributed by atoms with van der Waals surface area (Å²) in [5.74, 6) is -0.698. The number of halogens is 6. The minimum Gasteiger partial charge on any atom is -0.374 e. The third-order valence-electron chi connectivity index (χ3n) is 5.23. The van der Waals surface area contributed by atoms with Crippen LogP contribution in [0.1, 0.15) is 39.5 Å². The fourth-order valence-corrected chi connectivity index (χ4v) is 3.96. The van der Waals surface area contributed by atoms with Gasteiger partial charge >= 0.3 is 12.4 Å². The normalized spacial score (nSPS) is 33.8. The monoisotopic (exact) mass is 304 g/mol. The van der Waals surface area contributed by atoms with Gasteiger partial charge in [-0.25, -0.2) is 0 Å². The fourth-order valence-electron chi connectivity index (χ4n) is 3.96. The van der Waals surface area contributed by atoms with E-state index >= 15 is 0 Å². The van der Waals surface area contributed by atoms with Crippen molar-refractivity contribution in [3.8, 4) is 0 Å². The molecule has 1 nitrogen and oxygen atoms in total. The van der Waals surface area contributed by atoms with E-state index in [9.17, 15) is 31.4 Å². The van der Waals surface area contributed by atoms with Crippen molar-refractivity contribution in [3.63, 3.8) is 0 Å². The van der Waals surface area contributed by atoms with E-state index in [1.54, 1.807) is 0 Å². The van der Waals surface area contributed by atoms with Crippen molar-refractivity contribution in [1.29, 1.82) is 0 Å². The van der Waals surface area contributed by atoms with E-state index in [4.69, 9.17) is 0 Å². The average molecular weight is 304 g/mol. The van der Waals surface area contributed by atoms with Crippen LogP contribution < -0.4 is 0 Å². The first kappa shape index (κ1) is 15.9. The molecule has 2 rings (SSSR count). The van der Waals surface area contributed by atoms with E-state index in [2.05, 4.69) is 0 Å². The van der Waals surface area contributed by atoms with Gasteiger partial charge in [0.1, 0.15) is 0 Å². The van der Waals surface area contributed by atoms with Crippen molar-refractivity contribution >= 4 is 0 Å². The van der Waals surface area contributed by atoms with Crippen LogP contribution in [0.4, 0.5) is 26.3 Å². The molecule has 0 radical (unpaired) electrons. The first-order valence-electron chi connectivity index (χ1n) is 6.64. The molecule has 0 heterocycles. The molecule has 0 saturated heterocycles. The van der Waals surface area contributed by atoms with Gasteiger partial charge in [0.2, 0.25) is 0 Å². The molecule has 1 N–H and O–H groups in total. The van der Waals surface area contributed by atoms with Crippen LogP contribution >= 0.6 is 0 Å². The Morgan fingerprint density at radius 1 is 1.00 bits per heavy atom. The van der Waals surface area contributed by atoms with Crippen LogP contribution in [-0.4, -0.2) is 23.1 Å². The fraction of sp³-hybridized carbons (Fsp3) is 1.00. The maximum atomic E-state index is 12.7. The SMILES string of the molecule is CC1(C)CC2CC1CC2CC(O)(C(F)(F)F)C(F)(F)F. The summed E-state index contributed by atoms with van der Waals surface area (Å²) < 4.78 is 76.1. The molecule has 0 aromatic heterocycles. The lowest BCUT2D eigenvalue weighted by molar-refractivity contribution is -0.373. The van der Waals surface area contributed by atoms with Gasteiger partial charge in [0.05, 0.1) is 0 Å². The lowest BCUT2D eigenvalue weighted by atomic mass is 9.70. The average Bonchev–Trinajstić information content (AvgIpc) is 2.69. The predicted octanol–water partition coefficient (Wildman–Crippen LogP) is 4.30. The molecule has 2 fully saturated rings. The third kappa shape index (κ3) is 2.31. The summed E-state index contributed by atoms with van der Waals surface area (Å²) in [7, 11) is 0. The van der Waals surface area contributed by atoms with Crippen molar-refractivity contribution in [2.45, 2.75) is 57.5 Å². The predicted molar refractivity (Wildman–Crippen MR) is 59.8 cm³/mol. The lowest BCUT2D eigenvalue weighted by Gasteiger charge is -2.39. The van der Waals surface area contributed by atoms with Crippen molar-refractivity contribution in [1.82, 2.24) is 0 Å². The Balaban J connectivity index is 2.17. The van der Waals surface area contributed by atoms with Gasteiger partial charge in [-0.3, -0.25) is 0 Å². The number of rotatable bonds is 2. The van der Waals surface area contributed by atoms with Gasteiger partial charge in [0, 0.05) is 0 Å². The Kier molecular flexibility index (Phi) is 3.40. The van der Waals surface area contributed by atoms with Crippen LogP contribution in [0, 0.1) is 23.2 Å². The lowest BCUT2D eigenvalue weighted by Crippen LogP contribution is -2.58. The number of hydrogen-bond donors (Lipinski definition) is 1. The Hall–Kier alpha value is -0.460. The molecule has 0 amide bonds. The molecular formula is C13H18F6O. The van der Waals surface area contributed by atoms with Crippen LogP contribution in [0.5, 0.6) is 0 Å². The summed E-state index contributed by atoms with van der Waals surface area (Å²) in [5, 5.41) is 9.25. The van der Waals surface area contributed by atoms with Crippen LogP contribution in [-0.2, 0) is 0 Å². The zero-order chi connectivity index (χ0) is 15.6. The minimum atomic E-state index is -5.69. The van der Waals surface area contributed by atoms with Gasteiger partial charge in [-0.2, -0.15) is 26.3 Å². The molecule has 0 spiro atoms. The van der Waals surface area contributed by atoms with Gasteiger partial charge in [-0.05, 0) is 48.9 Å². The van der Waals surface area contributed by atoms with Crippen LogP contribution in [0.25, 0.3) is 0 Å². The van der Waals surface area contributed by atoms with Crippen molar-refractivity contribution in [2.24, 2.45) is 23.2 Å². The summed E-state index contributed by atoms with van der Waals surface area (Å²) in [6.07, 6.45) is -11.0. The number of alkyl halides is 6.